The molecule has 9 nitrogen and oxygen atoms in total. The fourth-order valence-corrected chi connectivity index (χ4v) is 14.3. The van der Waals surface area contributed by atoms with E-state index in [1.807, 2.05) is 6.07 Å². The van der Waals surface area contributed by atoms with Crippen molar-refractivity contribution in [2.24, 2.45) is 58.2 Å². The largest absolute Gasteiger partial charge is 0.463 e. The number of nitrogens with zero attached hydrogens (tertiary/aromatic N) is 2. The van der Waals surface area contributed by atoms with Crippen LogP contribution in [0.4, 0.5) is 0 Å². The van der Waals surface area contributed by atoms with Crippen LogP contribution >= 0.6 is 0 Å². The standard InChI is InChI=1S/C48H66N2O7/c1-8-31-26-50-22-19-32(31)23-42(50)44(54)36-24-33(49-41-12-10-9-11-35(36)41)14-13-27(2)37-15-16-38-43-39(18-21-47(37,38)6)48(7)20-17-34(55-28(3)51)25-40(48)45(56-29(4)52)46(43)57-30(5)53/h8-12,24,27,31-32,34,37-40,42-46,54H,1,13-23,25-26H2,2-7H3/t27-,31+,32+,34-,37-,38+,39+,40+,42+,43+,44-,45-,46+,47-,48-/m1/s1. The summed E-state index contributed by atoms with van der Waals surface area (Å²) in [6.07, 6.45) is 10.8. The lowest BCUT2D eigenvalue weighted by molar-refractivity contribution is -0.242. The van der Waals surface area contributed by atoms with Gasteiger partial charge in [-0.25, -0.2) is 0 Å². The fourth-order valence-electron chi connectivity index (χ4n) is 14.3. The van der Waals surface area contributed by atoms with Crippen LogP contribution in [0.5, 0.6) is 0 Å². The molecule has 1 N–H and O–H groups in total. The summed E-state index contributed by atoms with van der Waals surface area (Å²) >= 11 is 0. The van der Waals surface area contributed by atoms with Crippen LogP contribution in [-0.2, 0) is 35.0 Å². The molecule has 57 heavy (non-hydrogen) atoms. The Morgan fingerprint density at radius 1 is 0.912 bits per heavy atom. The van der Waals surface area contributed by atoms with Gasteiger partial charge in [-0.3, -0.25) is 24.3 Å². The molecule has 1 aromatic carbocycles. The minimum Gasteiger partial charge on any atom is -0.463 e. The van der Waals surface area contributed by atoms with Crippen molar-refractivity contribution in [2.45, 2.75) is 143 Å². The average molecular weight is 783 g/mol. The smallest absolute Gasteiger partial charge is 0.303 e. The number of pyridine rings is 1. The average Bonchev–Trinajstić information content (AvgIpc) is 3.54. The molecule has 4 aliphatic carbocycles. The Balaban J connectivity index is 1.03. The third-order valence-electron chi connectivity index (χ3n) is 16.8. The first-order valence-corrected chi connectivity index (χ1v) is 22.2. The van der Waals surface area contributed by atoms with Crippen LogP contribution in [-0.4, -0.2) is 70.3 Å². The van der Waals surface area contributed by atoms with E-state index in [2.05, 4.69) is 62.6 Å². The lowest BCUT2D eigenvalue weighted by Gasteiger charge is -2.64. The maximum atomic E-state index is 12.9. The third kappa shape index (κ3) is 7.25. The molecule has 2 aromatic rings. The lowest BCUT2D eigenvalue weighted by atomic mass is 9.43. The number of esters is 3. The summed E-state index contributed by atoms with van der Waals surface area (Å²) in [5.74, 6) is 1.68. The number of aliphatic hydroxyl groups is 1. The maximum absolute atomic E-state index is 12.9. The lowest BCUT2D eigenvalue weighted by Crippen LogP contribution is -2.65. The number of hydrogen-bond acceptors (Lipinski definition) is 9. The van der Waals surface area contributed by atoms with Gasteiger partial charge in [0.05, 0.1) is 11.6 Å². The van der Waals surface area contributed by atoms with Crippen molar-refractivity contribution in [1.82, 2.24) is 9.88 Å². The number of para-hydroxylation sites is 1. The second-order valence-electron chi connectivity index (χ2n) is 19.7. The van der Waals surface area contributed by atoms with Gasteiger partial charge in [0.1, 0.15) is 18.3 Å². The number of piperidine rings is 3. The van der Waals surface area contributed by atoms with E-state index in [0.29, 0.717) is 41.9 Å². The van der Waals surface area contributed by atoms with Gasteiger partial charge in [0.2, 0.25) is 0 Å². The molecule has 4 heterocycles. The van der Waals surface area contributed by atoms with Crippen LogP contribution in [0.3, 0.4) is 0 Å². The summed E-state index contributed by atoms with van der Waals surface area (Å²) < 4.78 is 18.3. The summed E-state index contributed by atoms with van der Waals surface area (Å²) in [5, 5.41) is 13.1. The Hall–Kier alpha value is -3.30. The zero-order valence-corrected chi connectivity index (χ0v) is 35.2. The van der Waals surface area contributed by atoms with Crippen molar-refractivity contribution in [3.63, 3.8) is 0 Å². The highest BCUT2D eigenvalue weighted by Gasteiger charge is 2.67. The Kier molecular flexibility index (Phi) is 11.2. The highest BCUT2D eigenvalue weighted by atomic mass is 16.6. The molecule has 9 heteroatoms. The second-order valence-corrected chi connectivity index (χ2v) is 19.7. The number of carbonyl (C=O) groups excluding carboxylic acids is 3. The van der Waals surface area contributed by atoms with E-state index in [1.54, 1.807) is 0 Å². The summed E-state index contributed by atoms with van der Waals surface area (Å²) in [7, 11) is 0. The minimum atomic E-state index is -0.581. The summed E-state index contributed by atoms with van der Waals surface area (Å²) in [4.78, 5) is 45.3. The molecule has 0 spiro atoms. The van der Waals surface area contributed by atoms with Crippen LogP contribution in [0, 0.1) is 58.2 Å². The minimum absolute atomic E-state index is 0.0497. The quantitative estimate of drug-likeness (QED) is 0.144. The van der Waals surface area contributed by atoms with Gasteiger partial charge < -0.3 is 19.3 Å². The Morgan fingerprint density at radius 3 is 2.32 bits per heavy atom. The molecule has 7 fully saturated rings. The van der Waals surface area contributed by atoms with Crippen molar-refractivity contribution in [3.05, 3.63) is 54.2 Å². The first kappa shape index (κ1) is 40.5. The topological polar surface area (TPSA) is 115 Å². The van der Waals surface area contributed by atoms with Crippen LogP contribution < -0.4 is 0 Å². The maximum Gasteiger partial charge on any atom is 0.303 e. The van der Waals surface area contributed by atoms with Crippen molar-refractivity contribution in [1.29, 1.82) is 0 Å². The molecule has 0 radical (unpaired) electrons. The van der Waals surface area contributed by atoms with Gasteiger partial charge in [0.25, 0.3) is 0 Å². The van der Waals surface area contributed by atoms with Gasteiger partial charge in [-0.15, -0.1) is 6.58 Å². The number of aromatic nitrogens is 1. The number of carbonyl (C=O) groups is 3. The number of hydrogen-bond donors (Lipinski definition) is 1. The predicted molar refractivity (Wildman–Crippen MR) is 219 cm³/mol. The molecular weight excluding hydrogens is 717 g/mol. The van der Waals surface area contributed by atoms with E-state index in [-0.39, 0.29) is 52.7 Å². The van der Waals surface area contributed by atoms with Gasteiger partial charge in [-0.05, 0) is 141 Å². The normalized spacial score (nSPS) is 40.5. The summed E-state index contributed by atoms with van der Waals surface area (Å²) in [5.41, 5.74) is 2.93. The SMILES string of the molecule is C=C[C@H]1CN2CC[C@H]1C[C@H]2[C@H](O)c1cc(CC[C@@H](C)[C@H]2CC[C@H]3[C@@H]4[C@H](OC(C)=O)[C@H](OC(C)=O)[C@@H]5C[C@H](OC(C)=O)CC[C@]5(C)[C@H]4CC[C@]23C)nc2ccccc12. The molecule has 7 aliphatic rings. The van der Waals surface area contributed by atoms with Crippen molar-refractivity contribution >= 4 is 28.8 Å². The van der Waals surface area contributed by atoms with Gasteiger partial charge >= 0.3 is 17.9 Å². The molecule has 1 unspecified atom stereocenters. The number of aliphatic hydroxyl groups excluding tert-OH is 1. The molecule has 0 amide bonds. The number of aryl methyl sites for hydroxylation is 1. The predicted octanol–water partition coefficient (Wildman–Crippen LogP) is 8.41. The number of benzene rings is 1. The highest BCUT2D eigenvalue weighted by Crippen LogP contribution is 2.69. The molecule has 310 valence electrons. The summed E-state index contributed by atoms with van der Waals surface area (Å²) in [6, 6.07) is 10.6. The second kappa shape index (κ2) is 15.7. The Morgan fingerprint density at radius 2 is 1.61 bits per heavy atom. The van der Waals surface area contributed by atoms with Gasteiger partial charge in [0, 0.05) is 56.3 Å². The van der Waals surface area contributed by atoms with Crippen molar-refractivity contribution in [3.8, 4) is 0 Å². The van der Waals surface area contributed by atoms with Crippen LogP contribution in [0.25, 0.3) is 10.9 Å². The summed E-state index contributed by atoms with van der Waals surface area (Å²) in [6.45, 7) is 17.8. The number of fused-ring (bicyclic) bond motifs is 9. The molecule has 1 aromatic heterocycles. The number of rotatable bonds is 10. The van der Waals surface area contributed by atoms with Crippen LogP contribution in [0.1, 0.15) is 123 Å². The number of ether oxygens (including phenoxy) is 3. The molecule has 2 bridgehead atoms. The third-order valence-corrected chi connectivity index (χ3v) is 16.8. The van der Waals surface area contributed by atoms with Gasteiger partial charge in [0.15, 0.2) is 0 Å². The first-order valence-electron chi connectivity index (χ1n) is 22.2. The fraction of sp³-hybridized carbons (Fsp3) is 0.708. The van der Waals surface area contributed by atoms with Gasteiger partial charge in [-0.1, -0.05) is 45.0 Å². The Labute approximate surface area is 339 Å². The molecular formula is C48H66N2O7. The molecule has 16 atom stereocenters. The molecule has 3 aliphatic heterocycles. The van der Waals surface area contributed by atoms with E-state index in [0.717, 1.165) is 93.0 Å². The Bertz CT molecular complexity index is 1860. The monoisotopic (exact) mass is 782 g/mol. The first-order chi connectivity index (χ1) is 27.2. The molecule has 9 rings (SSSR count). The van der Waals surface area contributed by atoms with Crippen molar-refractivity contribution < 1.29 is 33.7 Å². The highest BCUT2D eigenvalue weighted by molar-refractivity contribution is 5.83. The van der Waals surface area contributed by atoms with E-state index < -0.39 is 18.3 Å². The van der Waals surface area contributed by atoms with Gasteiger partial charge in [-0.2, -0.15) is 0 Å². The van der Waals surface area contributed by atoms with E-state index in [4.69, 9.17) is 19.2 Å². The zero-order valence-electron chi connectivity index (χ0n) is 35.2. The zero-order chi connectivity index (χ0) is 40.4. The molecule has 4 saturated carbocycles. The van der Waals surface area contributed by atoms with E-state index in [1.165, 1.54) is 27.2 Å². The van der Waals surface area contributed by atoms with Crippen LogP contribution in [0.15, 0.2) is 43.0 Å². The van der Waals surface area contributed by atoms with E-state index in [9.17, 15) is 19.5 Å². The van der Waals surface area contributed by atoms with E-state index >= 15 is 0 Å². The molecule has 3 saturated heterocycles. The van der Waals surface area contributed by atoms with Crippen molar-refractivity contribution in [2.75, 3.05) is 13.1 Å². The van der Waals surface area contributed by atoms with Crippen LogP contribution in [0.2, 0.25) is 0 Å².